The molecule has 0 spiro atoms. The first-order valence-corrected chi connectivity index (χ1v) is 7.66. The Hall–Kier alpha value is -2.28. The number of ether oxygens (including phenoxy) is 2. The number of hydrogen-bond donors (Lipinski definition) is 0. The van der Waals surface area contributed by atoms with Crippen LogP contribution in [0.25, 0.3) is 0 Å². The Balaban J connectivity index is 2.29. The van der Waals surface area contributed by atoms with Crippen LogP contribution in [0.5, 0.6) is 5.75 Å². The van der Waals surface area contributed by atoms with Gasteiger partial charge in [-0.3, -0.25) is 0 Å². The van der Waals surface area contributed by atoms with Gasteiger partial charge in [-0.1, -0.05) is 12.1 Å². The summed E-state index contributed by atoms with van der Waals surface area (Å²) in [6.07, 6.45) is 0. The van der Waals surface area contributed by atoms with Gasteiger partial charge in [0, 0.05) is 0 Å². The molecule has 0 atom stereocenters. The fraction of sp³-hybridized carbons (Fsp3) is 0.214. The first-order chi connectivity index (χ1) is 9.97. The summed E-state index contributed by atoms with van der Waals surface area (Å²) in [6, 6.07) is 9.11. The zero-order chi connectivity index (χ0) is 15.5. The monoisotopic (exact) mass is 310 g/mol. The molecule has 0 fully saturated rings. The molecular formula is C14H14O6S. The van der Waals surface area contributed by atoms with Gasteiger partial charge in [0.2, 0.25) is 5.76 Å². The van der Waals surface area contributed by atoms with Crippen LogP contribution in [-0.2, 0) is 20.3 Å². The van der Waals surface area contributed by atoms with E-state index < -0.39 is 15.8 Å². The summed E-state index contributed by atoms with van der Waals surface area (Å²) in [6.45, 7) is 0. The molecule has 2 rings (SSSR count). The molecule has 0 N–H and O–H groups in total. The normalized spacial score (nSPS) is 11.1. The Kier molecular flexibility index (Phi) is 4.32. The van der Waals surface area contributed by atoms with Gasteiger partial charge >= 0.3 is 5.97 Å². The predicted molar refractivity (Wildman–Crippen MR) is 73.9 cm³/mol. The van der Waals surface area contributed by atoms with E-state index >= 15 is 0 Å². The topological polar surface area (TPSA) is 82.8 Å². The van der Waals surface area contributed by atoms with Crippen LogP contribution in [0.3, 0.4) is 0 Å². The van der Waals surface area contributed by atoms with E-state index in [4.69, 9.17) is 9.15 Å². The van der Waals surface area contributed by atoms with Crippen molar-refractivity contribution >= 4 is 15.8 Å². The standard InChI is InChI=1S/C14H14O6S/c1-18-11-5-3-4-6-13(11)21(16,17)9-10-7-8-12(20-10)14(15)19-2/h3-8H,9H2,1-2H3. The summed E-state index contributed by atoms with van der Waals surface area (Å²) in [5, 5.41) is 0. The molecule has 0 unspecified atom stereocenters. The maximum Gasteiger partial charge on any atom is 0.373 e. The predicted octanol–water partition coefficient (Wildman–Crippen LogP) is 2.05. The zero-order valence-electron chi connectivity index (χ0n) is 11.5. The van der Waals surface area contributed by atoms with Crippen LogP contribution in [0.15, 0.2) is 45.7 Å². The highest BCUT2D eigenvalue weighted by Crippen LogP contribution is 2.26. The highest BCUT2D eigenvalue weighted by molar-refractivity contribution is 7.90. The highest BCUT2D eigenvalue weighted by atomic mass is 32.2. The van der Waals surface area contributed by atoms with Crippen molar-refractivity contribution in [2.75, 3.05) is 14.2 Å². The number of methoxy groups -OCH3 is 2. The minimum Gasteiger partial charge on any atom is -0.495 e. The maximum absolute atomic E-state index is 12.4. The Morgan fingerprint density at radius 1 is 1.14 bits per heavy atom. The molecule has 0 saturated carbocycles. The van der Waals surface area contributed by atoms with Gasteiger partial charge in [0.05, 0.1) is 14.2 Å². The Labute approximate surface area is 122 Å². The van der Waals surface area contributed by atoms with Crippen molar-refractivity contribution in [3.63, 3.8) is 0 Å². The van der Waals surface area contributed by atoms with Crippen LogP contribution in [0.1, 0.15) is 16.3 Å². The lowest BCUT2D eigenvalue weighted by Gasteiger charge is -2.08. The third kappa shape index (κ3) is 3.25. The molecule has 0 saturated heterocycles. The van der Waals surface area contributed by atoms with E-state index in [1.165, 1.54) is 32.4 Å². The number of benzene rings is 1. The largest absolute Gasteiger partial charge is 0.495 e. The van der Waals surface area contributed by atoms with Gasteiger partial charge in [-0.05, 0) is 24.3 Å². The first-order valence-electron chi connectivity index (χ1n) is 6.00. The first kappa shape index (κ1) is 15.1. The van der Waals surface area contributed by atoms with Crippen LogP contribution in [0.4, 0.5) is 0 Å². The van der Waals surface area contributed by atoms with Crippen LogP contribution in [0.2, 0.25) is 0 Å². The van der Waals surface area contributed by atoms with Crippen molar-refractivity contribution in [1.29, 1.82) is 0 Å². The molecule has 0 aliphatic rings. The Bertz CT molecular complexity index is 744. The van der Waals surface area contributed by atoms with Crippen LogP contribution < -0.4 is 4.74 Å². The Morgan fingerprint density at radius 3 is 2.52 bits per heavy atom. The molecular weight excluding hydrogens is 296 g/mol. The third-order valence-electron chi connectivity index (χ3n) is 2.78. The van der Waals surface area contributed by atoms with E-state index in [2.05, 4.69) is 4.74 Å². The van der Waals surface area contributed by atoms with Gasteiger partial charge in [-0.25, -0.2) is 13.2 Å². The lowest BCUT2D eigenvalue weighted by Crippen LogP contribution is -2.06. The summed E-state index contributed by atoms with van der Waals surface area (Å²) in [5.41, 5.74) is 0. The second kappa shape index (κ2) is 6.01. The number of esters is 1. The highest BCUT2D eigenvalue weighted by Gasteiger charge is 2.22. The van der Waals surface area contributed by atoms with Gasteiger partial charge in [0.25, 0.3) is 0 Å². The molecule has 6 nitrogen and oxygen atoms in total. The van der Waals surface area contributed by atoms with Crippen LogP contribution >= 0.6 is 0 Å². The van der Waals surface area contributed by atoms with Gasteiger partial charge in [0.1, 0.15) is 22.2 Å². The number of furan rings is 1. The molecule has 1 aromatic heterocycles. The van der Waals surface area contributed by atoms with E-state index in [-0.39, 0.29) is 27.9 Å². The quantitative estimate of drug-likeness (QED) is 0.786. The molecule has 0 radical (unpaired) electrons. The number of rotatable bonds is 5. The minimum absolute atomic E-state index is 0.0391. The maximum atomic E-state index is 12.4. The number of hydrogen-bond acceptors (Lipinski definition) is 6. The van der Waals surface area contributed by atoms with Crippen molar-refractivity contribution in [2.24, 2.45) is 0 Å². The van der Waals surface area contributed by atoms with Gasteiger partial charge < -0.3 is 13.9 Å². The van der Waals surface area contributed by atoms with Gasteiger partial charge in [0.15, 0.2) is 9.84 Å². The molecule has 0 aliphatic heterocycles. The molecule has 0 bridgehead atoms. The van der Waals surface area contributed by atoms with E-state index in [0.29, 0.717) is 0 Å². The molecule has 21 heavy (non-hydrogen) atoms. The second-order valence-corrected chi connectivity index (χ2v) is 6.13. The number of sulfone groups is 1. The molecule has 1 aromatic carbocycles. The molecule has 7 heteroatoms. The molecule has 112 valence electrons. The summed E-state index contributed by atoms with van der Waals surface area (Å²) >= 11 is 0. The average Bonchev–Trinajstić information content (AvgIpc) is 2.94. The van der Waals surface area contributed by atoms with Gasteiger partial charge in [-0.15, -0.1) is 0 Å². The fourth-order valence-electron chi connectivity index (χ4n) is 1.81. The number of para-hydroxylation sites is 1. The zero-order valence-corrected chi connectivity index (χ0v) is 12.3. The van der Waals surface area contributed by atoms with E-state index in [9.17, 15) is 13.2 Å². The SMILES string of the molecule is COC(=O)c1ccc(CS(=O)(=O)c2ccccc2OC)o1. The lowest BCUT2D eigenvalue weighted by molar-refractivity contribution is 0.0563. The average molecular weight is 310 g/mol. The molecule has 1 heterocycles. The van der Waals surface area contributed by atoms with Crippen LogP contribution in [0, 0.1) is 0 Å². The number of carbonyl (C=O) groups excluding carboxylic acids is 1. The van der Waals surface area contributed by atoms with E-state index in [1.54, 1.807) is 18.2 Å². The minimum atomic E-state index is -3.65. The van der Waals surface area contributed by atoms with Crippen molar-refractivity contribution < 1.29 is 27.1 Å². The molecule has 0 aliphatic carbocycles. The summed E-state index contributed by atoms with van der Waals surface area (Å²) in [4.78, 5) is 11.4. The Morgan fingerprint density at radius 2 is 1.86 bits per heavy atom. The fourth-order valence-corrected chi connectivity index (χ4v) is 3.24. The van der Waals surface area contributed by atoms with Crippen molar-refractivity contribution in [1.82, 2.24) is 0 Å². The summed E-state index contributed by atoms with van der Waals surface area (Å²) < 4.78 is 39.5. The van der Waals surface area contributed by atoms with E-state index in [0.717, 1.165) is 0 Å². The number of carbonyl (C=O) groups is 1. The summed E-state index contributed by atoms with van der Waals surface area (Å²) in [7, 11) is -1.03. The van der Waals surface area contributed by atoms with Gasteiger partial charge in [-0.2, -0.15) is 0 Å². The molecule has 0 amide bonds. The molecule has 2 aromatic rings. The van der Waals surface area contributed by atoms with Crippen molar-refractivity contribution in [3.05, 3.63) is 47.9 Å². The third-order valence-corrected chi connectivity index (χ3v) is 4.46. The summed E-state index contributed by atoms with van der Waals surface area (Å²) in [5.74, 6) is -0.651. The lowest BCUT2D eigenvalue weighted by atomic mass is 10.3. The smallest absolute Gasteiger partial charge is 0.373 e. The second-order valence-electron chi connectivity index (χ2n) is 4.17. The van der Waals surface area contributed by atoms with E-state index in [1.807, 2.05) is 0 Å². The van der Waals surface area contributed by atoms with Crippen molar-refractivity contribution in [2.45, 2.75) is 10.6 Å². The van der Waals surface area contributed by atoms with Crippen LogP contribution in [-0.4, -0.2) is 28.6 Å². The van der Waals surface area contributed by atoms with Crippen molar-refractivity contribution in [3.8, 4) is 5.75 Å².